The molecule has 2 N–H and O–H groups in total. The van der Waals surface area contributed by atoms with Crippen molar-refractivity contribution in [2.45, 2.75) is 12.8 Å². The van der Waals surface area contributed by atoms with Gasteiger partial charge in [-0.1, -0.05) is 53.5 Å². The van der Waals surface area contributed by atoms with Crippen LogP contribution in [0.2, 0.25) is 10.0 Å². The second-order valence-corrected chi connectivity index (χ2v) is 7.36. The highest BCUT2D eigenvalue weighted by Crippen LogP contribution is 2.31. The summed E-state index contributed by atoms with van der Waals surface area (Å²) in [6.07, 6.45) is 1.25. The highest BCUT2D eigenvalue weighted by atomic mass is 35.5. The molecule has 1 heterocycles. The zero-order chi connectivity index (χ0) is 19.7. The molecule has 0 spiro atoms. The van der Waals surface area contributed by atoms with Crippen LogP contribution in [0.5, 0.6) is 5.75 Å². The number of carbonyl (C=O) groups is 1. The molecule has 4 aromatic rings. The fourth-order valence-electron chi connectivity index (χ4n) is 3.46. The van der Waals surface area contributed by atoms with Crippen LogP contribution in [0.3, 0.4) is 0 Å². The van der Waals surface area contributed by atoms with Gasteiger partial charge in [0.15, 0.2) is 0 Å². The quantitative estimate of drug-likeness (QED) is 0.362. The van der Waals surface area contributed by atoms with E-state index in [1.54, 1.807) is 12.1 Å². The first-order valence-electron chi connectivity index (χ1n) is 8.88. The largest absolute Gasteiger partial charge is 0.493 e. The molecule has 28 heavy (non-hydrogen) atoms. The Balaban J connectivity index is 1.51. The molecular weight excluding hydrogens is 397 g/mol. The van der Waals surface area contributed by atoms with Crippen molar-refractivity contribution in [3.63, 3.8) is 0 Å². The van der Waals surface area contributed by atoms with Crippen LogP contribution in [0.25, 0.3) is 21.7 Å². The van der Waals surface area contributed by atoms with Crippen LogP contribution >= 0.6 is 23.2 Å². The molecular formula is C22H17Cl2NO3. The van der Waals surface area contributed by atoms with Crippen molar-refractivity contribution in [2.75, 3.05) is 6.61 Å². The minimum atomic E-state index is -0.980. The van der Waals surface area contributed by atoms with Crippen LogP contribution in [-0.2, 0) is 6.42 Å². The Hall–Kier alpha value is -2.69. The van der Waals surface area contributed by atoms with Gasteiger partial charge in [-0.15, -0.1) is 0 Å². The van der Waals surface area contributed by atoms with Crippen molar-refractivity contribution in [3.05, 3.63) is 75.9 Å². The Morgan fingerprint density at radius 2 is 1.79 bits per heavy atom. The number of aromatic nitrogens is 1. The lowest BCUT2D eigenvalue weighted by Gasteiger charge is -2.10. The second-order valence-electron chi connectivity index (χ2n) is 6.52. The highest BCUT2D eigenvalue weighted by molar-refractivity contribution is 6.35. The van der Waals surface area contributed by atoms with Gasteiger partial charge in [0.1, 0.15) is 11.4 Å². The maximum atomic E-state index is 11.6. The number of ether oxygens (including phenoxy) is 1. The van der Waals surface area contributed by atoms with E-state index >= 15 is 0 Å². The SMILES string of the molecule is O=C(O)c1[nH]c2cc(Cl)ccc2c1CCCOc1ccc(Cl)c2ccccc12. The van der Waals surface area contributed by atoms with Gasteiger partial charge in [-0.2, -0.15) is 0 Å². The Labute approximate surface area is 171 Å². The Morgan fingerprint density at radius 1 is 1.00 bits per heavy atom. The summed E-state index contributed by atoms with van der Waals surface area (Å²) in [5.74, 6) is -0.212. The zero-order valence-electron chi connectivity index (χ0n) is 14.8. The summed E-state index contributed by atoms with van der Waals surface area (Å²) in [5, 5.41) is 13.5. The number of nitrogens with one attached hydrogen (secondary N) is 1. The van der Waals surface area contributed by atoms with Crippen molar-refractivity contribution < 1.29 is 14.6 Å². The maximum absolute atomic E-state index is 11.6. The maximum Gasteiger partial charge on any atom is 0.352 e. The molecule has 0 amide bonds. The number of benzene rings is 3. The molecule has 6 heteroatoms. The van der Waals surface area contributed by atoms with E-state index in [9.17, 15) is 9.90 Å². The number of aromatic amines is 1. The molecule has 1 aromatic heterocycles. The van der Waals surface area contributed by atoms with Crippen LogP contribution in [0.15, 0.2) is 54.6 Å². The average molecular weight is 414 g/mol. The first-order valence-corrected chi connectivity index (χ1v) is 9.63. The summed E-state index contributed by atoms with van der Waals surface area (Å²) in [4.78, 5) is 14.6. The summed E-state index contributed by atoms with van der Waals surface area (Å²) >= 11 is 12.3. The van der Waals surface area contributed by atoms with E-state index in [1.165, 1.54) is 0 Å². The minimum Gasteiger partial charge on any atom is -0.493 e. The lowest BCUT2D eigenvalue weighted by atomic mass is 10.1. The van der Waals surface area contributed by atoms with Gasteiger partial charge in [0.2, 0.25) is 0 Å². The molecule has 0 saturated carbocycles. The Bertz CT molecular complexity index is 1180. The molecule has 3 aromatic carbocycles. The predicted molar refractivity (Wildman–Crippen MR) is 113 cm³/mol. The molecule has 0 atom stereocenters. The molecule has 142 valence electrons. The van der Waals surface area contributed by atoms with E-state index < -0.39 is 5.97 Å². The molecule has 4 rings (SSSR count). The number of carboxylic acids is 1. The van der Waals surface area contributed by atoms with Gasteiger partial charge in [0.05, 0.1) is 6.61 Å². The zero-order valence-corrected chi connectivity index (χ0v) is 16.3. The van der Waals surface area contributed by atoms with Crippen LogP contribution in [0.1, 0.15) is 22.5 Å². The monoisotopic (exact) mass is 413 g/mol. The molecule has 0 saturated heterocycles. The van der Waals surface area contributed by atoms with Gasteiger partial charge < -0.3 is 14.8 Å². The van der Waals surface area contributed by atoms with E-state index in [0.29, 0.717) is 29.5 Å². The molecule has 0 aliphatic rings. The van der Waals surface area contributed by atoms with Crippen molar-refractivity contribution >= 4 is 50.8 Å². The number of hydrogen-bond donors (Lipinski definition) is 2. The summed E-state index contributed by atoms with van der Waals surface area (Å²) in [6, 6.07) is 16.9. The minimum absolute atomic E-state index is 0.203. The fraction of sp³-hybridized carbons (Fsp3) is 0.136. The topological polar surface area (TPSA) is 62.3 Å². The number of rotatable bonds is 6. The Kier molecular flexibility index (Phi) is 5.16. The van der Waals surface area contributed by atoms with Crippen molar-refractivity contribution in [2.24, 2.45) is 0 Å². The average Bonchev–Trinajstić information content (AvgIpc) is 3.05. The smallest absolute Gasteiger partial charge is 0.352 e. The van der Waals surface area contributed by atoms with Gasteiger partial charge in [0, 0.05) is 31.7 Å². The highest BCUT2D eigenvalue weighted by Gasteiger charge is 2.17. The number of fused-ring (bicyclic) bond motifs is 2. The first kappa shape index (κ1) is 18.7. The molecule has 0 unspecified atom stereocenters. The van der Waals surface area contributed by atoms with Gasteiger partial charge in [-0.25, -0.2) is 4.79 Å². The predicted octanol–water partition coefficient (Wildman–Crippen LogP) is 6.34. The van der Waals surface area contributed by atoms with E-state index in [1.807, 2.05) is 42.5 Å². The number of halogens is 2. The van der Waals surface area contributed by atoms with E-state index in [4.69, 9.17) is 27.9 Å². The first-order chi connectivity index (χ1) is 13.5. The number of carboxylic acid groups (broad SMARTS) is 1. The summed E-state index contributed by atoms with van der Waals surface area (Å²) < 4.78 is 5.97. The molecule has 0 bridgehead atoms. The number of aromatic carboxylic acids is 1. The van der Waals surface area contributed by atoms with Crippen LogP contribution in [0, 0.1) is 0 Å². The number of H-pyrrole nitrogens is 1. The Morgan fingerprint density at radius 3 is 2.57 bits per heavy atom. The van der Waals surface area contributed by atoms with Gasteiger partial charge >= 0.3 is 5.97 Å². The summed E-state index contributed by atoms with van der Waals surface area (Å²) in [7, 11) is 0. The third-order valence-corrected chi connectivity index (χ3v) is 5.31. The van der Waals surface area contributed by atoms with Crippen molar-refractivity contribution in [3.8, 4) is 5.75 Å². The van der Waals surface area contributed by atoms with Gasteiger partial charge in [-0.05, 0) is 42.7 Å². The summed E-state index contributed by atoms with van der Waals surface area (Å²) in [6.45, 7) is 0.463. The molecule has 0 fully saturated rings. The van der Waals surface area contributed by atoms with Gasteiger partial charge in [-0.3, -0.25) is 0 Å². The third-order valence-electron chi connectivity index (χ3n) is 4.74. The molecule has 0 aliphatic heterocycles. The van der Waals surface area contributed by atoms with E-state index in [-0.39, 0.29) is 5.69 Å². The lowest BCUT2D eigenvalue weighted by Crippen LogP contribution is -2.04. The second kappa shape index (κ2) is 7.74. The lowest BCUT2D eigenvalue weighted by molar-refractivity contribution is 0.0690. The molecule has 4 nitrogen and oxygen atoms in total. The standard InChI is InChI=1S/C22H17Cl2NO3/c23-13-7-8-15-17(21(22(26)27)25-19(15)12-13)6-3-11-28-20-10-9-18(24)14-4-1-2-5-16(14)20/h1-2,4-5,7-10,12,25H,3,6,11H2,(H,26,27). The number of aryl methyl sites for hydroxylation is 1. The third kappa shape index (κ3) is 3.53. The van der Waals surface area contributed by atoms with Crippen LogP contribution in [0.4, 0.5) is 0 Å². The van der Waals surface area contributed by atoms with E-state index in [2.05, 4.69) is 4.98 Å². The molecule has 0 radical (unpaired) electrons. The van der Waals surface area contributed by atoms with Crippen molar-refractivity contribution in [1.29, 1.82) is 0 Å². The van der Waals surface area contributed by atoms with Gasteiger partial charge in [0.25, 0.3) is 0 Å². The molecule has 0 aliphatic carbocycles. The summed E-state index contributed by atoms with van der Waals surface area (Å²) in [5.41, 5.74) is 1.70. The van der Waals surface area contributed by atoms with Crippen LogP contribution in [-0.4, -0.2) is 22.7 Å². The number of hydrogen-bond acceptors (Lipinski definition) is 2. The van der Waals surface area contributed by atoms with Crippen molar-refractivity contribution in [1.82, 2.24) is 4.98 Å². The van der Waals surface area contributed by atoms with E-state index in [0.717, 1.165) is 33.0 Å². The fourth-order valence-corrected chi connectivity index (χ4v) is 3.86. The van der Waals surface area contributed by atoms with Crippen LogP contribution < -0.4 is 4.74 Å². The normalized spacial score (nSPS) is 11.2.